The minimum atomic E-state index is 0.0517. The van der Waals surface area contributed by atoms with Crippen LogP contribution < -0.4 is 10.5 Å². The van der Waals surface area contributed by atoms with E-state index < -0.39 is 0 Å². The highest BCUT2D eigenvalue weighted by Crippen LogP contribution is 2.18. The SMILES string of the molecule is CC(N)c1cccc(OCCc2cccs2)c1. The molecule has 0 saturated carbocycles. The highest BCUT2D eigenvalue weighted by Gasteiger charge is 2.01. The van der Waals surface area contributed by atoms with Gasteiger partial charge in [-0.05, 0) is 36.1 Å². The van der Waals surface area contributed by atoms with Crippen LogP contribution in [0.2, 0.25) is 0 Å². The molecule has 2 rings (SSSR count). The van der Waals surface area contributed by atoms with Crippen molar-refractivity contribution in [2.45, 2.75) is 19.4 Å². The van der Waals surface area contributed by atoms with Crippen LogP contribution in [0.25, 0.3) is 0 Å². The first-order valence-electron chi connectivity index (χ1n) is 5.76. The maximum absolute atomic E-state index is 5.83. The molecule has 0 fully saturated rings. The normalized spacial score (nSPS) is 12.4. The molecule has 1 atom stereocenters. The number of benzene rings is 1. The summed E-state index contributed by atoms with van der Waals surface area (Å²) < 4.78 is 5.72. The van der Waals surface area contributed by atoms with E-state index in [1.54, 1.807) is 11.3 Å². The van der Waals surface area contributed by atoms with Gasteiger partial charge in [-0.1, -0.05) is 18.2 Å². The summed E-state index contributed by atoms with van der Waals surface area (Å²) >= 11 is 1.77. The largest absolute Gasteiger partial charge is 0.493 e. The molecule has 17 heavy (non-hydrogen) atoms. The Labute approximate surface area is 106 Å². The molecular formula is C14H17NOS. The predicted molar refractivity (Wildman–Crippen MR) is 72.6 cm³/mol. The lowest BCUT2D eigenvalue weighted by atomic mass is 10.1. The summed E-state index contributed by atoms with van der Waals surface area (Å²) in [7, 11) is 0. The lowest BCUT2D eigenvalue weighted by Gasteiger charge is -2.09. The molecule has 2 N–H and O–H groups in total. The van der Waals surface area contributed by atoms with Crippen molar-refractivity contribution >= 4 is 11.3 Å². The van der Waals surface area contributed by atoms with E-state index in [4.69, 9.17) is 10.5 Å². The van der Waals surface area contributed by atoms with Crippen LogP contribution in [0, 0.1) is 0 Å². The minimum Gasteiger partial charge on any atom is -0.493 e. The van der Waals surface area contributed by atoms with Gasteiger partial charge in [0, 0.05) is 17.3 Å². The van der Waals surface area contributed by atoms with Crippen molar-refractivity contribution in [1.29, 1.82) is 0 Å². The second-order valence-corrected chi connectivity index (χ2v) is 5.07. The Morgan fingerprint density at radius 3 is 2.88 bits per heavy atom. The van der Waals surface area contributed by atoms with Crippen LogP contribution >= 0.6 is 11.3 Å². The van der Waals surface area contributed by atoms with Gasteiger partial charge in [0.05, 0.1) is 6.61 Å². The number of nitrogens with two attached hydrogens (primary N) is 1. The third-order valence-electron chi connectivity index (χ3n) is 2.58. The van der Waals surface area contributed by atoms with Gasteiger partial charge in [-0.3, -0.25) is 0 Å². The summed E-state index contributed by atoms with van der Waals surface area (Å²) in [4.78, 5) is 1.35. The van der Waals surface area contributed by atoms with Gasteiger partial charge in [0.15, 0.2) is 0 Å². The molecule has 0 aliphatic rings. The Balaban J connectivity index is 1.88. The average molecular weight is 247 g/mol. The maximum atomic E-state index is 5.83. The molecule has 1 aromatic heterocycles. The van der Waals surface area contributed by atoms with Gasteiger partial charge < -0.3 is 10.5 Å². The fraction of sp³-hybridized carbons (Fsp3) is 0.286. The first kappa shape index (κ1) is 12.1. The predicted octanol–water partition coefficient (Wildman–Crippen LogP) is 3.39. The summed E-state index contributed by atoms with van der Waals surface area (Å²) in [5.74, 6) is 0.899. The van der Waals surface area contributed by atoms with Gasteiger partial charge >= 0.3 is 0 Å². The van der Waals surface area contributed by atoms with Gasteiger partial charge in [0.2, 0.25) is 0 Å². The summed E-state index contributed by atoms with van der Waals surface area (Å²) in [5, 5.41) is 2.09. The van der Waals surface area contributed by atoms with Crippen molar-refractivity contribution in [2.24, 2.45) is 5.73 Å². The van der Waals surface area contributed by atoms with E-state index in [9.17, 15) is 0 Å². The van der Waals surface area contributed by atoms with Gasteiger partial charge in [0.1, 0.15) is 5.75 Å². The molecule has 0 radical (unpaired) electrons. The van der Waals surface area contributed by atoms with Crippen LogP contribution in [-0.4, -0.2) is 6.61 Å². The van der Waals surface area contributed by atoms with Crippen LogP contribution in [0.3, 0.4) is 0 Å². The van der Waals surface area contributed by atoms with Crippen molar-refractivity contribution in [2.75, 3.05) is 6.61 Å². The molecule has 90 valence electrons. The van der Waals surface area contributed by atoms with E-state index >= 15 is 0 Å². The second-order valence-electron chi connectivity index (χ2n) is 4.04. The van der Waals surface area contributed by atoms with Gasteiger partial charge in [-0.25, -0.2) is 0 Å². The Kier molecular flexibility index (Phi) is 4.18. The molecular weight excluding hydrogens is 230 g/mol. The van der Waals surface area contributed by atoms with E-state index in [2.05, 4.69) is 17.5 Å². The molecule has 0 aliphatic carbocycles. The molecule has 2 nitrogen and oxygen atoms in total. The van der Waals surface area contributed by atoms with Crippen LogP contribution in [0.1, 0.15) is 23.4 Å². The summed E-state index contributed by atoms with van der Waals surface area (Å²) in [6, 6.07) is 12.2. The van der Waals surface area contributed by atoms with E-state index in [0.29, 0.717) is 6.61 Å². The Bertz CT molecular complexity index is 451. The van der Waals surface area contributed by atoms with E-state index in [1.165, 1.54) is 4.88 Å². The van der Waals surface area contributed by atoms with Crippen LogP contribution in [0.15, 0.2) is 41.8 Å². The summed E-state index contributed by atoms with van der Waals surface area (Å²) in [5.41, 5.74) is 6.94. The first-order valence-corrected chi connectivity index (χ1v) is 6.64. The van der Waals surface area contributed by atoms with Crippen LogP contribution in [0.4, 0.5) is 0 Å². The third kappa shape index (κ3) is 3.58. The van der Waals surface area contributed by atoms with Crippen molar-refractivity contribution in [3.05, 3.63) is 52.2 Å². The molecule has 1 aromatic carbocycles. The lowest BCUT2D eigenvalue weighted by Crippen LogP contribution is -2.05. The van der Waals surface area contributed by atoms with Gasteiger partial charge in [0.25, 0.3) is 0 Å². The van der Waals surface area contributed by atoms with E-state index in [0.717, 1.165) is 17.7 Å². The van der Waals surface area contributed by atoms with Gasteiger partial charge in [-0.2, -0.15) is 0 Å². The quantitative estimate of drug-likeness (QED) is 0.879. The summed E-state index contributed by atoms with van der Waals surface area (Å²) in [6.07, 6.45) is 0.958. The van der Waals surface area contributed by atoms with Crippen molar-refractivity contribution in [3.63, 3.8) is 0 Å². The smallest absolute Gasteiger partial charge is 0.119 e. The van der Waals surface area contributed by atoms with Crippen molar-refractivity contribution in [3.8, 4) is 5.75 Å². The molecule has 1 unspecified atom stereocenters. The Morgan fingerprint density at radius 1 is 1.29 bits per heavy atom. The fourth-order valence-electron chi connectivity index (χ4n) is 1.61. The maximum Gasteiger partial charge on any atom is 0.119 e. The van der Waals surface area contributed by atoms with Gasteiger partial charge in [-0.15, -0.1) is 11.3 Å². The standard InChI is InChI=1S/C14H17NOS/c1-11(15)12-4-2-5-13(10-12)16-8-7-14-6-3-9-17-14/h2-6,9-11H,7-8,15H2,1H3. The van der Waals surface area contributed by atoms with E-state index in [-0.39, 0.29) is 6.04 Å². The molecule has 1 heterocycles. The molecule has 0 amide bonds. The number of hydrogen-bond acceptors (Lipinski definition) is 3. The monoisotopic (exact) mass is 247 g/mol. The third-order valence-corrected chi connectivity index (χ3v) is 3.52. The molecule has 0 aliphatic heterocycles. The number of hydrogen-bond donors (Lipinski definition) is 1. The Morgan fingerprint density at radius 2 is 2.18 bits per heavy atom. The molecule has 0 saturated heterocycles. The highest BCUT2D eigenvalue weighted by atomic mass is 32.1. The molecule has 3 heteroatoms. The molecule has 0 spiro atoms. The first-order chi connectivity index (χ1) is 8.25. The average Bonchev–Trinajstić information content (AvgIpc) is 2.82. The zero-order valence-corrected chi connectivity index (χ0v) is 10.7. The van der Waals surface area contributed by atoms with Crippen LogP contribution in [-0.2, 0) is 6.42 Å². The Hall–Kier alpha value is -1.32. The number of rotatable bonds is 5. The molecule has 2 aromatic rings. The topological polar surface area (TPSA) is 35.2 Å². The minimum absolute atomic E-state index is 0.0517. The highest BCUT2D eigenvalue weighted by molar-refractivity contribution is 7.09. The summed E-state index contributed by atoms with van der Waals surface area (Å²) in [6.45, 7) is 2.69. The van der Waals surface area contributed by atoms with Crippen molar-refractivity contribution < 1.29 is 4.74 Å². The fourth-order valence-corrected chi connectivity index (χ4v) is 2.30. The van der Waals surface area contributed by atoms with E-state index in [1.807, 2.05) is 31.2 Å². The van der Waals surface area contributed by atoms with Crippen LogP contribution in [0.5, 0.6) is 5.75 Å². The lowest BCUT2D eigenvalue weighted by molar-refractivity contribution is 0.322. The second kappa shape index (κ2) is 5.84. The number of thiophene rings is 1. The van der Waals surface area contributed by atoms with Crippen molar-refractivity contribution in [1.82, 2.24) is 0 Å². The zero-order valence-electron chi connectivity index (χ0n) is 9.93. The number of ether oxygens (including phenoxy) is 1. The molecule has 0 bridgehead atoms. The zero-order chi connectivity index (χ0) is 12.1.